The molecule has 0 aromatic heterocycles. The molecule has 2 saturated heterocycles. The first kappa shape index (κ1) is 23.1. The highest BCUT2D eigenvalue weighted by molar-refractivity contribution is 5.89. The molecule has 0 radical (unpaired) electrons. The lowest BCUT2D eigenvalue weighted by molar-refractivity contribution is -0.146. The first-order chi connectivity index (χ1) is 16.4. The van der Waals surface area contributed by atoms with Crippen LogP contribution in [0.1, 0.15) is 62.5 Å². The van der Waals surface area contributed by atoms with Crippen molar-refractivity contribution in [1.82, 2.24) is 9.80 Å². The number of benzene rings is 2. The summed E-state index contributed by atoms with van der Waals surface area (Å²) >= 11 is 0. The second kappa shape index (κ2) is 9.16. The van der Waals surface area contributed by atoms with Gasteiger partial charge in [0.05, 0.1) is 10.8 Å². The highest BCUT2D eigenvalue weighted by atomic mass is 19.1. The van der Waals surface area contributed by atoms with Crippen LogP contribution in [-0.2, 0) is 21.4 Å². The summed E-state index contributed by atoms with van der Waals surface area (Å²) in [5.74, 6) is 0.233. The maximum atomic E-state index is 14.0. The quantitative estimate of drug-likeness (QED) is 0.634. The smallest absolute Gasteiger partial charge is 0.233 e. The summed E-state index contributed by atoms with van der Waals surface area (Å²) in [4.78, 5) is 31.3. The maximum absolute atomic E-state index is 14.0. The fourth-order valence-corrected chi connectivity index (χ4v) is 6.71. The van der Waals surface area contributed by atoms with E-state index < -0.39 is 5.41 Å². The van der Waals surface area contributed by atoms with Gasteiger partial charge in [0.2, 0.25) is 11.8 Å². The predicted molar refractivity (Wildman–Crippen MR) is 131 cm³/mol. The van der Waals surface area contributed by atoms with Crippen molar-refractivity contribution in [2.75, 3.05) is 20.1 Å². The highest BCUT2D eigenvalue weighted by Gasteiger charge is 2.53. The Labute approximate surface area is 202 Å². The average Bonchev–Trinajstić information content (AvgIpc) is 3.10. The standard InChI is InChI=1S/C29H35FN2O2/c1-31-25(20-22-10-12-24(30)13-11-22)21-28(26(31)33)16-18-32(19-17-28)27(34)29(14-6-3-7-15-29)23-8-4-2-5-9-23/h2,4-5,8-13,25H,3,6-7,14-21H2,1H3/t25-/m0/s1. The van der Waals surface area contributed by atoms with E-state index in [0.29, 0.717) is 13.1 Å². The minimum Gasteiger partial charge on any atom is -0.342 e. The van der Waals surface area contributed by atoms with Gasteiger partial charge in [-0.2, -0.15) is 0 Å². The molecule has 34 heavy (non-hydrogen) atoms. The molecule has 3 aliphatic rings. The summed E-state index contributed by atoms with van der Waals surface area (Å²) in [6.45, 7) is 1.30. The van der Waals surface area contributed by atoms with Gasteiger partial charge in [-0.3, -0.25) is 9.59 Å². The van der Waals surface area contributed by atoms with E-state index in [0.717, 1.165) is 62.5 Å². The molecule has 3 fully saturated rings. The number of hydrogen-bond donors (Lipinski definition) is 0. The molecule has 0 unspecified atom stereocenters. The lowest BCUT2D eigenvalue weighted by Gasteiger charge is -2.44. The Bertz CT molecular complexity index is 1020. The second-order valence-corrected chi connectivity index (χ2v) is 10.7. The first-order valence-corrected chi connectivity index (χ1v) is 12.8. The molecule has 1 spiro atoms. The monoisotopic (exact) mass is 462 g/mol. The Hall–Kier alpha value is -2.69. The van der Waals surface area contributed by atoms with Crippen LogP contribution >= 0.6 is 0 Å². The van der Waals surface area contributed by atoms with Crippen LogP contribution in [-0.4, -0.2) is 47.8 Å². The van der Waals surface area contributed by atoms with E-state index in [-0.39, 0.29) is 29.1 Å². The molecule has 1 saturated carbocycles. The Morgan fingerprint density at radius 2 is 1.59 bits per heavy atom. The molecule has 2 aliphatic heterocycles. The molecule has 2 aromatic carbocycles. The number of carbonyl (C=O) groups excluding carboxylic acids is 2. The predicted octanol–water partition coefficient (Wildman–Crippen LogP) is 5.11. The number of rotatable bonds is 4. The van der Waals surface area contributed by atoms with Gasteiger partial charge >= 0.3 is 0 Å². The van der Waals surface area contributed by atoms with Crippen LogP contribution in [0.5, 0.6) is 0 Å². The van der Waals surface area contributed by atoms with Gasteiger partial charge in [0.1, 0.15) is 5.82 Å². The topological polar surface area (TPSA) is 40.6 Å². The van der Waals surface area contributed by atoms with Crippen molar-refractivity contribution in [1.29, 1.82) is 0 Å². The van der Waals surface area contributed by atoms with E-state index >= 15 is 0 Å². The van der Waals surface area contributed by atoms with Crippen LogP contribution in [0.25, 0.3) is 0 Å². The molecule has 0 bridgehead atoms. The zero-order valence-electron chi connectivity index (χ0n) is 20.1. The molecular formula is C29H35FN2O2. The van der Waals surface area contributed by atoms with Gasteiger partial charge < -0.3 is 9.80 Å². The summed E-state index contributed by atoms with van der Waals surface area (Å²) in [5.41, 5.74) is 1.42. The molecule has 5 heteroatoms. The number of carbonyl (C=O) groups is 2. The molecule has 5 rings (SSSR count). The second-order valence-electron chi connectivity index (χ2n) is 10.7. The number of halogens is 1. The van der Waals surface area contributed by atoms with Crippen LogP contribution in [0, 0.1) is 11.2 Å². The van der Waals surface area contributed by atoms with Gasteiger partial charge in [-0.15, -0.1) is 0 Å². The Balaban J connectivity index is 1.29. The normalized spacial score (nSPS) is 23.9. The van der Waals surface area contributed by atoms with Crippen molar-refractivity contribution in [3.8, 4) is 0 Å². The minimum atomic E-state index is -0.411. The Kier molecular flexibility index (Phi) is 6.22. The number of piperidine rings is 1. The third-order valence-corrected chi connectivity index (χ3v) is 8.78. The van der Waals surface area contributed by atoms with Crippen LogP contribution < -0.4 is 0 Å². The molecular weight excluding hydrogens is 427 g/mol. The lowest BCUT2D eigenvalue weighted by atomic mass is 9.67. The van der Waals surface area contributed by atoms with Crippen LogP contribution in [0.2, 0.25) is 0 Å². The lowest BCUT2D eigenvalue weighted by Crippen LogP contribution is -2.53. The summed E-state index contributed by atoms with van der Waals surface area (Å²) in [5, 5.41) is 0. The number of likely N-dealkylation sites (tertiary alicyclic amines) is 2. The summed E-state index contributed by atoms with van der Waals surface area (Å²) in [6, 6.07) is 17.0. The summed E-state index contributed by atoms with van der Waals surface area (Å²) in [6.07, 6.45) is 8.22. The van der Waals surface area contributed by atoms with Crippen molar-refractivity contribution in [2.24, 2.45) is 5.41 Å². The van der Waals surface area contributed by atoms with Crippen molar-refractivity contribution in [3.05, 3.63) is 71.5 Å². The fourth-order valence-electron chi connectivity index (χ4n) is 6.71. The van der Waals surface area contributed by atoms with Crippen molar-refractivity contribution in [2.45, 2.75) is 69.2 Å². The zero-order valence-corrected chi connectivity index (χ0v) is 20.1. The van der Waals surface area contributed by atoms with E-state index in [1.165, 1.54) is 18.6 Å². The van der Waals surface area contributed by atoms with Gasteiger partial charge in [0.25, 0.3) is 0 Å². The van der Waals surface area contributed by atoms with Crippen LogP contribution in [0.15, 0.2) is 54.6 Å². The number of amides is 2. The molecule has 4 nitrogen and oxygen atoms in total. The summed E-state index contributed by atoms with van der Waals surface area (Å²) < 4.78 is 13.3. The molecule has 2 heterocycles. The van der Waals surface area contributed by atoms with Gasteiger partial charge in [0.15, 0.2) is 0 Å². The summed E-state index contributed by atoms with van der Waals surface area (Å²) in [7, 11) is 1.90. The number of likely N-dealkylation sites (N-methyl/N-ethyl adjacent to an activating group) is 1. The van der Waals surface area contributed by atoms with Gasteiger partial charge in [-0.05, 0) is 61.8 Å². The highest BCUT2D eigenvalue weighted by Crippen LogP contribution is 2.47. The largest absolute Gasteiger partial charge is 0.342 e. The maximum Gasteiger partial charge on any atom is 0.233 e. The van der Waals surface area contributed by atoms with Crippen LogP contribution in [0.4, 0.5) is 4.39 Å². The number of hydrogen-bond acceptors (Lipinski definition) is 2. The first-order valence-electron chi connectivity index (χ1n) is 12.8. The van der Waals surface area contributed by atoms with Gasteiger partial charge in [0, 0.05) is 26.2 Å². The third-order valence-electron chi connectivity index (χ3n) is 8.78. The van der Waals surface area contributed by atoms with Crippen molar-refractivity contribution in [3.63, 3.8) is 0 Å². The molecule has 1 atom stereocenters. The van der Waals surface area contributed by atoms with Crippen molar-refractivity contribution < 1.29 is 14.0 Å². The number of nitrogens with zero attached hydrogens (tertiary/aromatic N) is 2. The van der Waals surface area contributed by atoms with E-state index in [9.17, 15) is 14.0 Å². The molecule has 2 aromatic rings. The minimum absolute atomic E-state index is 0.120. The molecule has 180 valence electrons. The SMILES string of the molecule is CN1C(=O)C2(CCN(C(=O)C3(c4ccccc4)CCCCC3)CC2)C[C@@H]1Cc1ccc(F)cc1. The molecule has 1 aliphatic carbocycles. The van der Waals surface area contributed by atoms with E-state index in [4.69, 9.17) is 0 Å². The zero-order chi connectivity index (χ0) is 23.8. The molecule has 2 amide bonds. The van der Waals surface area contributed by atoms with E-state index in [1.807, 2.05) is 47.2 Å². The molecule has 0 N–H and O–H groups in total. The van der Waals surface area contributed by atoms with Gasteiger partial charge in [-0.1, -0.05) is 61.7 Å². The fraction of sp³-hybridized carbons (Fsp3) is 0.517. The Morgan fingerprint density at radius 1 is 0.941 bits per heavy atom. The van der Waals surface area contributed by atoms with E-state index in [1.54, 1.807) is 0 Å². The Morgan fingerprint density at radius 3 is 2.24 bits per heavy atom. The van der Waals surface area contributed by atoms with Gasteiger partial charge in [-0.25, -0.2) is 4.39 Å². The average molecular weight is 463 g/mol. The van der Waals surface area contributed by atoms with Crippen molar-refractivity contribution >= 4 is 11.8 Å². The van der Waals surface area contributed by atoms with Crippen LogP contribution in [0.3, 0.4) is 0 Å². The third kappa shape index (κ3) is 4.03. The van der Waals surface area contributed by atoms with E-state index in [2.05, 4.69) is 12.1 Å².